The molecule has 0 atom stereocenters. The summed E-state index contributed by atoms with van der Waals surface area (Å²) in [4.78, 5) is 4.72. The summed E-state index contributed by atoms with van der Waals surface area (Å²) in [6.45, 7) is 0. The zero-order valence-electron chi connectivity index (χ0n) is 31.2. The van der Waals surface area contributed by atoms with Gasteiger partial charge >= 0.3 is 0 Å². The summed E-state index contributed by atoms with van der Waals surface area (Å²) in [6.07, 6.45) is 0. The van der Waals surface area contributed by atoms with Crippen LogP contribution in [0.15, 0.2) is 231 Å². The van der Waals surface area contributed by atoms with Crippen LogP contribution < -0.4 is 9.80 Å². The van der Waals surface area contributed by atoms with Crippen LogP contribution in [0.5, 0.6) is 0 Å². The number of anilines is 6. The van der Waals surface area contributed by atoms with Gasteiger partial charge in [0.25, 0.3) is 0 Å². The van der Waals surface area contributed by atoms with Gasteiger partial charge in [0, 0.05) is 43.9 Å². The van der Waals surface area contributed by atoms with Gasteiger partial charge in [0.1, 0.15) is 0 Å². The number of hydrogen-bond acceptors (Lipinski definition) is 3. The average Bonchev–Trinajstić information content (AvgIpc) is 3.68. The molecule has 57 heavy (non-hydrogen) atoms. The van der Waals surface area contributed by atoms with Crippen LogP contribution in [0.25, 0.3) is 53.6 Å². The Morgan fingerprint density at radius 2 is 0.596 bits per heavy atom. The van der Waals surface area contributed by atoms with Crippen molar-refractivity contribution in [2.75, 3.05) is 9.80 Å². The number of fused-ring (bicyclic) bond motifs is 3. The first-order chi connectivity index (χ1) is 28.3. The first-order valence-corrected chi connectivity index (χ1v) is 20.2. The predicted octanol–water partition coefficient (Wildman–Crippen LogP) is 16.0. The molecule has 1 heterocycles. The first kappa shape index (κ1) is 34.3. The fourth-order valence-electron chi connectivity index (χ4n) is 7.83. The van der Waals surface area contributed by atoms with Gasteiger partial charge in [-0.2, -0.15) is 0 Å². The topological polar surface area (TPSA) is 6.48 Å². The largest absolute Gasteiger partial charge is 0.311 e. The molecule has 0 N–H and O–H groups in total. The summed E-state index contributed by atoms with van der Waals surface area (Å²) in [6, 6.07) is 82.8. The van der Waals surface area contributed by atoms with Crippen molar-refractivity contribution in [2.24, 2.45) is 0 Å². The Kier molecular flexibility index (Phi) is 9.11. The molecule has 0 radical (unpaired) electrons. The van der Waals surface area contributed by atoms with E-state index in [2.05, 4.69) is 240 Å². The van der Waals surface area contributed by atoms with Gasteiger partial charge in [-0.15, -0.1) is 11.3 Å². The lowest BCUT2D eigenvalue weighted by Gasteiger charge is -2.27. The van der Waals surface area contributed by atoms with Gasteiger partial charge in [-0.3, -0.25) is 0 Å². The van der Waals surface area contributed by atoms with E-state index >= 15 is 0 Å². The summed E-state index contributed by atoms with van der Waals surface area (Å²) in [5.74, 6) is 0. The second-order valence-corrected chi connectivity index (χ2v) is 15.2. The average molecular weight is 747 g/mol. The van der Waals surface area contributed by atoms with Crippen LogP contribution in [0, 0.1) is 0 Å². The number of hydrogen-bond donors (Lipinski definition) is 0. The molecular weight excluding hydrogens is 709 g/mol. The fourth-order valence-corrected chi connectivity index (χ4v) is 9.04. The SMILES string of the molecule is c1ccc(-c2ccc(N(c3ccc(-c4ccccc4)cc3)c3ccc(-c4ccc(N(c5ccccc5)c5cccc6c5sc5ccccc56)cc4)cc3)cc2)cc1. The first-order valence-electron chi connectivity index (χ1n) is 19.3. The highest BCUT2D eigenvalue weighted by Crippen LogP contribution is 2.45. The van der Waals surface area contributed by atoms with Crippen LogP contribution in [0.3, 0.4) is 0 Å². The number of benzene rings is 9. The lowest BCUT2D eigenvalue weighted by molar-refractivity contribution is 1.28. The second kappa shape index (κ2) is 15.1. The van der Waals surface area contributed by atoms with Gasteiger partial charge in [-0.25, -0.2) is 0 Å². The molecule has 9 aromatic carbocycles. The maximum atomic E-state index is 2.38. The van der Waals surface area contributed by atoms with Crippen LogP contribution in [0.2, 0.25) is 0 Å². The summed E-state index contributed by atoms with van der Waals surface area (Å²) >= 11 is 1.86. The summed E-state index contributed by atoms with van der Waals surface area (Å²) in [7, 11) is 0. The molecular formula is C54H38N2S. The molecule has 3 heteroatoms. The van der Waals surface area contributed by atoms with Crippen molar-refractivity contribution in [3.63, 3.8) is 0 Å². The Morgan fingerprint density at radius 1 is 0.246 bits per heavy atom. The molecule has 0 saturated carbocycles. The van der Waals surface area contributed by atoms with Crippen molar-refractivity contribution in [1.82, 2.24) is 0 Å². The minimum atomic E-state index is 1.10. The highest BCUT2D eigenvalue weighted by Gasteiger charge is 2.18. The molecule has 0 unspecified atom stereocenters. The third-order valence-corrected chi connectivity index (χ3v) is 11.9. The van der Waals surface area contributed by atoms with E-state index in [1.165, 1.54) is 59.2 Å². The fraction of sp³-hybridized carbons (Fsp3) is 0. The summed E-state index contributed by atoms with van der Waals surface area (Å²) in [5.41, 5.74) is 13.9. The number of thiophene rings is 1. The summed E-state index contributed by atoms with van der Waals surface area (Å²) < 4.78 is 2.59. The van der Waals surface area contributed by atoms with E-state index in [4.69, 9.17) is 0 Å². The maximum Gasteiger partial charge on any atom is 0.0640 e. The van der Waals surface area contributed by atoms with E-state index in [0.29, 0.717) is 0 Å². The molecule has 1 aromatic heterocycles. The van der Waals surface area contributed by atoms with Crippen molar-refractivity contribution in [3.8, 4) is 33.4 Å². The highest BCUT2D eigenvalue weighted by molar-refractivity contribution is 7.26. The quantitative estimate of drug-likeness (QED) is 0.145. The number of nitrogens with zero attached hydrogens (tertiary/aromatic N) is 2. The molecule has 0 aliphatic carbocycles. The third kappa shape index (κ3) is 6.75. The van der Waals surface area contributed by atoms with Gasteiger partial charge in [0.15, 0.2) is 0 Å². The van der Waals surface area contributed by atoms with E-state index in [1.807, 2.05) is 11.3 Å². The molecule has 0 saturated heterocycles. The monoisotopic (exact) mass is 746 g/mol. The van der Waals surface area contributed by atoms with Crippen molar-refractivity contribution >= 4 is 65.6 Å². The molecule has 0 spiro atoms. The Morgan fingerprint density at radius 3 is 1.07 bits per heavy atom. The molecule has 0 fully saturated rings. The van der Waals surface area contributed by atoms with Gasteiger partial charge in [-0.1, -0.05) is 158 Å². The molecule has 270 valence electrons. The summed E-state index contributed by atoms with van der Waals surface area (Å²) in [5, 5.41) is 2.59. The molecule has 0 aliphatic rings. The van der Waals surface area contributed by atoms with Gasteiger partial charge in [0.05, 0.1) is 10.4 Å². The standard InChI is InChI=1S/C54H38N2S/c1-4-13-39(14-5-1)41-23-31-46(32-24-41)55(47-33-25-42(26-34-47)40-15-6-2-7-16-40)48-35-27-43(28-36-48)44-29-37-49(38-30-44)56(45-17-8-3-9-18-45)52-21-12-20-51-50-19-10-11-22-53(50)57-54(51)52/h1-38H. The Bertz CT molecular complexity index is 2820. The van der Waals surface area contributed by atoms with Crippen molar-refractivity contribution in [2.45, 2.75) is 0 Å². The van der Waals surface area contributed by atoms with E-state index in [9.17, 15) is 0 Å². The van der Waals surface area contributed by atoms with Crippen molar-refractivity contribution < 1.29 is 0 Å². The zero-order chi connectivity index (χ0) is 38.0. The Balaban J connectivity index is 0.988. The number of rotatable bonds is 9. The Hall–Kier alpha value is -7.20. The van der Waals surface area contributed by atoms with E-state index in [0.717, 1.165) is 28.4 Å². The third-order valence-electron chi connectivity index (χ3n) is 10.7. The molecule has 10 rings (SSSR count). The zero-order valence-corrected chi connectivity index (χ0v) is 32.1. The lowest BCUT2D eigenvalue weighted by atomic mass is 10.0. The normalized spacial score (nSPS) is 11.2. The Labute approximate surface area is 337 Å². The van der Waals surface area contributed by atoms with Crippen LogP contribution in [-0.2, 0) is 0 Å². The molecule has 0 aliphatic heterocycles. The van der Waals surface area contributed by atoms with E-state index in [-0.39, 0.29) is 0 Å². The minimum Gasteiger partial charge on any atom is -0.311 e. The van der Waals surface area contributed by atoms with Crippen LogP contribution in [0.4, 0.5) is 34.1 Å². The minimum absolute atomic E-state index is 1.10. The van der Waals surface area contributed by atoms with Gasteiger partial charge in [-0.05, 0) is 106 Å². The molecule has 0 bridgehead atoms. The van der Waals surface area contributed by atoms with Crippen LogP contribution >= 0.6 is 11.3 Å². The highest BCUT2D eigenvalue weighted by atomic mass is 32.1. The number of para-hydroxylation sites is 1. The van der Waals surface area contributed by atoms with Crippen LogP contribution in [0.1, 0.15) is 0 Å². The van der Waals surface area contributed by atoms with Crippen LogP contribution in [-0.4, -0.2) is 0 Å². The van der Waals surface area contributed by atoms with Crippen molar-refractivity contribution in [1.29, 1.82) is 0 Å². The van der Waals surface area contributed by atoms with Crippen molar-refractivity contribution in [3.05, 3.63) is 231 Å². The van der Waals surface area contributed by atoms with Gasteiger partial charge < -0.3 is 9.80 Å². The molecule has 2 nitrogen and oxygen atoms in total. The predicted molar refractivity (Wildman–Crippen MR) is 245 cm³/mol. The van der Waals surface area contributed by atoms with E-state index in [1.54, 1.807) is 0 Å². The molecule has 0 amide bonds. The molecule has 10 aromatic rings. The lowest BCUT2D eigenvalue weighted by Crippen LogP contribution is -2.10. The van der Waals surface area contributed by atoms with E-state index < -0.39 is 0 Å². The maximum absolute atomic E-state index is 2.38. The second-order valence-electron chi connectivity index (χ2n) is 14.2. The van der Waals surface area contributed by atoms with Gasteiger partial charge in [0.2, 0.25) is 0 Å². The smallest absolute Gasteiger partial charge is 0.0640 e.